The molecule has 0 spiro atoms. The summed E-state index contributed by atoms with van der Waals surface area (Å²) in [6, 6.07) is 1.87. The van der Waals surface area contributed by atoms with E-state index in [9.17, 15) is 10.2 Å². The lowest BCUT2D eigenvalue weighted by Gasteiger charge is -2.20. The maximum absolute atomic E-state index is 10.6. The van der Waals surface area contributed by atoms with Crippen LogP contribution >= 0.6 is 22.9 Å². The summed E-state index contributed by atoms with van der Waals surface area (Å²) in [5.41, 5.74) is 2.14. The fourth-order valence-electron chi connectivity index (χ4n) is 3.62. The minimum atomic E-state index is -1.13. The van der Waals surface area contributed by atoms with Gasteiger partial charge < -0.3 is 24.3 Å². The molecule has 0 amide bonds. The molecule has 2 aliphatic rings. The third-order valence-corrected chi connectivity index (χ3v) is 6.07. The standard InChI is InChI=1S/C16H15ClN4O4S/c1-6-7-2-3-21(14(7)19-5-18-6)15-11(23)10(22)13(25-15)12-9-8(4-24-12)26-16(17)20-9/h2-3,5,10-13,15,22-23H,4H2,1H3/t10-,11+,12?,13-,15+/m0/s1. The maximum Gasteiger partial charge on any atom is 0.184 e. The van der Waals surface area contributed by atoms with Crippen LogP contribution in [0.1, 0.15) is 28.6 Å². The average Bonchev–Trinajstić information content (AvgIpc) is 3.34. The molecule has 0 bridgehead atoms. The van der Waals surface area contributed by atoms with Crippen LogP contribution in [0.5, 0.6) is 0 Å². The van der Waals surface area contributed by atoms with Crippen molar-refractivity contribution in [2.24, 2.45) is 0 Å². The predicted molar refractivity (Wildman–Crippen MR) is 92.8 cm³/mol. The summed E-state index contributed by atoms with van der Waals surface area (Å²) in [5, 5.41) is 22.1. The van der Waals surface area contributed by atoms with E-state index in [1.165, 1.54) is 17.7 Å². The van der Waals surface area contributed by atoms with Gasteiger partial charge in [-0.1, -0.05) is 11.6 Å². The van der Waals surface area contributed by atoms with Gasteiger partial charge in [0.1, 0.15) is 36.4 Å². The fraction of sp³-hybridized carbons (Fsp3) is 0.438. The lowest BCUT2D eigenvalue weighted by atomic mass is 10.0. The van der Waals surface area contributed by atoms with E-state index in [0.717, 1.165) is 16.0 Å². The number of fused-ring (bicyclic) bond motifs is 2. The Balaban J connectivity index is 1.50. The second-order valence-electron chi connectivity index (χ2n) is 6.40. The third kappa shape index (κ3) is 2.32. The van der Waals surface area contributed by atoms with E-state index in [4.69, 9.17) is 21.1 Å². The van der Waals surface area contributed by atoms with Crippen molar-refractivity contribution < 1.29 is 19.7 Å². The first-order chi connectivity index (χ1) is 12.5. The number of aryl methyl sites for hydroxylation is 1. The number of rotatable bonds is 2. The van der Waals surface area contributed by atoms with Gasteiger partial charge in [0.2, 0.25) is 0 Å². The molecule has 8 nitrogen and oxygen atoms in total. The van der Waals surface area contributed by atoms with Crippen molar-refractivity contribution in [1.29, 1.82) is 0 Å². The molecule has 3 aromatic heterocycles. The van der Waals surface area contributed by atoms with Gasteiger partial charge >= 0.3 is 0 Å². The SMILES string of the molecule is Cc1ncnc2c1ccn2[C@@H]1O[C@H](C2OCc3sc(Cl)nc32)[C@@H](O)[C@H]1O. The molecule has 2 aliphatic heterocycles. The van der Waals surface area contributed by atoms with Gasteiger partial charge in [-0.05, 0) is 13.0 Å². The Bertz CT molecular complexity index is 992. The summed E-state index contributed by atoms with van der Waals surface area (Å²) in [4.78, 5) is 13.7. The molecule has 0 radical (unpaired) electrons. The number of hydrogen-bond acceptors (Lipinski definition) is 8. The number of halogens is 1. The molecule has 0 aromatic carbocycles. The highest BCUT2D eigenvalue weighted by Crippen LogP contribution is 2.44. The van der Waals surface area contributed by atoms with Crippen LogP contribution < -0.4 is 0 Å². The van der Waals surface area contributed by atoms with Gasteiger partial charge in [-0.25, -0.2) is 15.0 Å². The van der Waals surface area contributed by atoms with Crippen molar-refractivity contribution in [2.75, 3.05) is 0 Å². The highest BCUT2D eigenvalue weighted by atomic mass is 35.5. The lowest BCUT2D eigenvalue weighted by Crippen LogP contribution is -2.34. The zero-order valence-corrected chi connectivity index (χ0v) is 15.2. The van der Waals surface area contributed by atoms with Crippen LogP contribution in [-0.2, 0) is 16.1 Å². The Labute approximate surface area is 157 Å². The molecule has 5 heterocycles. The first-order valence-corrected chi connectivity index (χ1v) is 9.30. The third-order valence-electron chi connectivity index (χ3n) is 4.92. The molecule has 0 saturated carbocycles. The molecule has 3 aromatic rings. The topological polar surface area (TPSA) is 103 Å². The summed E-state index contributed by atoms with van der Waals surface area (Å²) >= 11 is 7.34. The van der Waals surface area contributed by atoms with Gasteiger partial charge in [0, 0.05) is 11.6 Å². The van der Waals surface area contributed by atoms with Crippen LogP contribution in [0, 0.1) is 6.92 Å². The molecule has 5 rings (SSSR count). The first kappa shape index (κ1) is 16.5. The lowest BCUT2D eigenvalue weighted by molar-refractivity contribution is -0.105. The average molecular weight is 395 g/mol. The number of aliphatic hydroxyl groups excluding tert-OH is 2. The second kappa shape index (κ2) is 5.95. The summed E-state index contributed by atoms with van der Waals surface area (Å²) in [7, 11) is 0. The molecule has 1 fully saturated rings. The Morgan fingerprint density at radius 1 is 1.31 bits per heavy atom. The van der Waals surface area contributed by atoms with E-state index < -0.39 is 30.6 Å². The van der Waals surface area contributed by atoms with Crippen molar-refractivity contribution in [3.8, 4) is 0 Å². The van der Waals surface area contributed by atoms with Gasteiger partial charge in [0.05, 0.1) is 22.9 Å². The monoisotopic (exact) mass is 394 g/mol. The highest BCUT2D eigenvalue weighted by Gasteiger charge is 2.50. The number of aromatic nitrogens is 4. The van der Waals surface area contributed by atoms with Gasteiger partial charge in [0.15, 0.2) is 10.7 Å². The van der Waals surface area contributed by atoms with Crippen LogP contribution in [-0.4, -0.2) is 48.0 Å². The van der Waals surface area contributed by atoms with E-state index in [1.807, 2.05) is 13.0 Å². The van der Waals surface area contributed by atoms with E-state index in [0.29, 0.717) is 22.4 Å². The second-order valence-corrected chi connectivity index (χ2v) is 8.06. The summed E-state index contributed by atoms with van der Waals surface area (Å²) in [5.74, 6) is 0. The largest absolute Gasteiger partial charge is 0.387 e. The Hall–Kier alpha value is -1.62. The molecule has 5 atom stereocenters. The smallest absolute Gasteiger partial charge is 0.184 e. The molecule has 2 N–H and O–H groups in total. The van der Waals surface area contributed by atoms with Crippen molar-refractivity contribution in [1.82, 2.24) is 19.5 Å². The first-order valence-electron chi connectivity index (χ1n) is 8.11. The maximum atomic E-state index is 10.6. The summed E-state index contributed by atoms with van der Waals surface area (Å²) in [6.45, 7) is 2.26. The van der Waals surface area contributed by atoms with E-state index >= 15 is 0 Å². The van der Waals surface area contributed by atoms with E-state index in [-0.39, 0.29) is 0 Å². The van der Waals surface area contributed by atoms with Crippen molar-refractivity contribution in [2.45, 2.75) is 44.2 Å². The molecular formula is C16H15ClN4O4S. The Morgan fingerprint density at radius 2 is 2.15 bits per heavy atom. The van der Waals surface area contributed by atoms with E-state index in [2.05, 4.69) is 15.0 Å². The summed E-state index contributed by atoms with van der Waals surface area (Å²) < 4.78 is 13.9. The zero-order chi connectivity index (χ0) is 18.0. The molecule has 0 aliphatic carbocycles. The molecule has 1 unspecified atom stereocenters. The van der Waals surface area contributed by atoms with Crippen LogP contribution in [0.4, 0.5) is 0 Å². The molecule has 136 valence electrons. The van der Waals surface area contributed by atoms with Crippen molar-refractivity contribution in [3.05, 3.63) is 39.3 Å². The molecule has 1 saturated heterocycles. The minimum absolute atomic E-state index is 0.372. The van der Waals surface area contributed by atoms with E-state index in [1.54, 1.807) is 10.8 Å². The van der Waals surface area contributed by atoms with Crippen molar-refractivity contribution >= 4 is 34.0 Å². The number of hydrogen-bond donors (Lipinski definition) is 2. The van der Waals surface area contributed by atoms with Gasteiger partial charge in [0.25, 0.3) is 0 Å². The quantitative estimate of drug-likeness (QED) is 0.682. The molecule has 10 heteroatoms. The molecular weight excluding hydrogens is 380 g/mol. The minimum Gasteiger partial charge on any atom is -0.387 e. The van der Waals surface area contributed by atoms with Crippen LogP contribution in [0.25, 0.3) is 11.0 Å². The van der Waals surface area contributed by atoms with Gasteiger partial charge in [-0.15, -0.1) is 11.3 Å². The number of thiazole rings is 1. The Kier molecular flexibility index (Phi) is 3.78. The summed E-state index contributed by atoms with van der Waals surface area (Å²) in [6.07, 6.45) is -1.13. The predicted octanol–water partition coefficient (Wildman–Crippen LogP) is 1.74. The number of aliphatic hydroxyl groups is 2. The molecule has 26 heavy (non-hydrogen) atoms. The fourth-order valence-corrected chi connectivity index (χ4v) is 4.73. The van der Waals surface area contributed by atoms with Crippen molar-refractivity contribution in [3.63, 3.8) is 0 Å². The van der Waals surface area contributed by atoms with Crippen LogP contribution in [0.3, 0.4) is 0 Å². The van der Waals surface area contributed by atoms with Gasteiger partial charge in [-0.2, -0.15) is 0 Å². The number of ether oxygens (including phenoxy) is 2. The van der Waals surface area contributed by atoms with Crippen LogP contribution in [0.15, 0.2) is 18.6 Å². The highest BCUT2D eigenvalue weighted by molar-refractivity contribution is 7.15. The van der Waals surface area contributed by atoms with Crippen LogP contribution in [0.2, 0.25) is 4.47 Å². The number of nitrogens with zero attached hydrogens (tertiary/aromatic N) is 4. The normalized spacial score (nSPS) is 31.0. The van der Waals surface area contributed by atoms with Gasteiger partial charge in [-0.3, -0.25) is 0 Å². The Morgan fingerprint density at radius 3 is 3.00 bits per heavy atom. The zero-order valence-electron chi connectivity index (χ0n) is 13.6.